The van der Waals surface area contributed by atoms with E-state index in [0.29, 0.717) is 25.9 Å². The highest BCUT2D eigenvalue weighted by atomic mass is 16.5. The van der Waals surface area contributed by atoms with E-state index in [9.17, 15) is 9.59 Å². The first-order valence-corrected chi connectivity index (χ1v) is 6.61. The van der Waals surface area contributed by atoms with E-state index in [1.165, 1.54) is 7.11 Å². The average molecular weight is 278 g/mol. The Morgan fingerprint density at radius 2 is 1.80 bits per heavy atom. The number of anilines is 1. The van der Waals surface area contributed by atoms with E-state index >= 15 is 0 Å². The van der Waals surface area contributed by atoms with Crippen molar-refractivity contribution in [3.8, 4) is 0 Å². The molecule has 0 radical (unpaired) electrons. The molecule has 0 aliphatic carbocycles. The number of amides is 1. The number of benzene rings is 1. The van der Waals surface area contributed by atoms with E-state index in [4.69, 9.17) is 0 Å². The zero-order valence-corrected chi connectivity index (χ0v) is 12.3. The first-order valence-electron chi connectivity index (χ1n) is 6.61. The van der Waals surface area contributed by atoms with Crippen molar-refractivity contribution in [2.45, 2.75) is 12.8 Å². The average Bonchev–Trinajstić information content (AvgIpc) is 2.47. The third kappa shape index (κ3) is 5.40. The summed E-state index contributed by atoms with van der Waals surface area (Å²) in [7, 11) is 5.01. The highest BCUT2D eigenvalue weighted by Crippen LogP contribution is 2.11. The predicted octanol–water partition coefficient (Wildman–Crippen LogP) is 1.53. The number of methoxy groups -OCH3 is 1. The number of nitrogens with zero attached hydrogens (tertiary/aromatic N) is 2. The van der Waals surface area contributed by atoms with Gasteiger partial charge in [0.2, 0.25) is 5.91 Å². The van der Waals surface area contributed by atoms with Crippen molar-refractivity contribution < 1.29 is 14.3 Å². The Bertz CT molecular complexity index is 434. The molecule has 0 saturated carbocycles. The number of carbonyl (C=O) groups is 2. The molecule has 1 aromatic rings. The Morgan fingerprint density at radius 3 is 2.40 bits per heavy atom. The van der Waals surface area contributed by atoms with Gasteiger partial charge < -0.3 is 9.64 Å². The van der Waals surface area contributed by atoms with E-state index < -0.39 is 0 Å². The molecule has 0 N–H and O–H groups in total. The third-order valence-corrected chi connectivity index (χ3v) is 3.07. The maximum Gasteiger partial charge on any atom is 0.305 e. The van der Waals surface area contributed by atoms with Crippen LogP contribution in [0.3, 0.4) is 0 Å². The Kier molecular flexibility index (Phi) is 6.73. The molecule has 1 rings (SSSR count). The topological polar surface area (TPSA) is 49.9 Å². The number of para-hydroxylation sites is 1. The van der Waals surface area contributed by atoms with Gasteiger partial charge in [-0.3, -0.25) is 14.5 Å². The Labute approximate surface area is 120 Å². The lowest BCUT2D eigenvalue weighted by Crippen LogP contribution is -2.37. The molecule has 0 heterocycles. The summed E-state index contributed by atoms with van der Waals surface area (Å²) in [4.78, 5) is 26.6. The zero-order chi connectivity index (χ0) is 15.0. The van der Waals surface area contributed by atoms with Gasteiger partial charge in [-0.1, -0.05) is 18.2 Å². The molecule has 0 aliphatic heterocycles. The summed E-state index contributed by atoms with van der Waals surface area (Å²) in [6.45, 7) is 1.01. The standard InChI is InChI=1S/C15H22N2O3/c1-16(11-7-10-15(19)20-3)12-14(18)17(2)13-8-5-4-6-9-13/h4-6,8-9H,7,10-12H2,1-3H3. The van der Waals surface area contributed by atoms with Crippen molar-refractivity contribution >= 4 is 17.6 Å². The van der Waals surface area contributed by atoms with Gasteiger partial charge in [0.05, 0.1) is 13.7 Å². The van der Waals surface area contributed by atoms with Gasteiger partial charge in [-0.05, 0) is 32.1 Å². The summed E-state index contributed by atoms with van der Waals surface area (Å²) in [5, 5.41) is 0. The fraction of sp³-hybridized carbons (Fsp3) is 0.467. The molecular weight excluding hydrogens is 256 g/mol. The third-order valence-electron chi connectivity index (χ3n) is 3.07. The summed E-state index contributed by atoms with van der Waals surface area (Å²) in [5.74, 6) is -0.192. The molecular formula is C15H22N2O3. The number of ether oxygens (including phenoxy) is 1. The second-order valence-corrected chi connectivity index (χ2v) is 4.71. The molecule has 20 heavy (non-hydrogen) atoms. The van der Waals surface area contributed by atoms with Gasteiger partial charge in [0, 0.05) is 19.2 Å². The number of hydrogen-bond acceptors (Lipinski definition) is 4. The smallest absolute Gasteiger partial charge is 0.305 e. The van der Waals surface area contributed by atoms with Crippen LogP contribution >= 0.6 is 0 Å². The van der Waals surface area contributed by atoms with E-state index in [1.807, 2.05) is 42.3 Å². The Morgan fingerprint density at radius 1 is 1.15 bits per heavy atom. The van der Waals surface area contributed by atoms with Crippen molar-refractivity contribution in [1.29, 1.82) is 0 Å². The maximum absolute atomic E-state index is 12.1. The lowest BCUT2D eigenvalue weighted by molar-refractivity contribution is -0.140. The number of carbonyl (C=O) groups excluding carboxylic acids is 2. The van der Waals surface area contributed by atoms with E-state index in [1.54, 1.807) is 11.9 Å². The minimum atomic E-state index is -0.217. The zero-order valence-electron chi connectivity index (χ0n) is 12.3. The second kappa shape index (κ2) is 8.32. The highest BCUT2D eigenvalue weighted by molar-refractivity contribution is 5.94. The first kappa shape index (κ1) is 16.2. The van der Waals surface area contributed by atoms with Crippen LogP contribution in [0.5, 0.6) is 0 Å². The van der Waals surface area contributed by atoms with Crippen LogP contribution < -0.4 is 4.90 Å². The number of hydrogen-bond donors (Lipinski definition) is 0. The second-order valence-electron chi connectivity index (χ2n) is 4.71. The molecule has 0 fully saturated rings. The fourth-order valence-electron chi connectivity index (χ4n) is 1.81. The predicted molar refractivity (Wildman–Crippen MR) is 78.6 cm³/mol. The van der Waals surface area contributed by atoms with Gasteiger partial charge >= 0.3 is 5.97 Å². The summed E-state index contributed by atoms with van der Waals surface area (Å²) in [6, 6.07) is 9.52. The molecule has 5 heteroatoms. The van der Waals surface area contributed by atoms with Crippen LogP contribution in [0.25, 0.3) is 0 Å². The normalized spacial score (nSPS) is 10.4. The van der Waals surface area contributed by atoms with E-state index in [-0.39, 0.29) is 11.9 Å². The van der Waals surface area contributed by atoms with Crippen LogP contribution in [0.2, 0.25) is 0 Å². The summed E-state index contributed by atoms with van der Waals surface area (Å²) in [5.41, 5.74) is 0.875. The molecule has 0 unspecified atom stereocenters. The van der Waals surface area contributed by atoms with Crippen molar-refractivity contribution in [2.24, 2.45) is 0 Å². The van der Waals surface area contributed by atoms with Gasteiger partial charge in [-0.25, -0.2) is 0 Å². The largest absolute Gasteiger partial charge is 0.469 e. The van der Waals surface area contributed by atoms with Gasteiger partial charge in [0.1, 0.15) is 0 Å². The molecule has 0 bridgehead atoms. The van der Waals surface area contributed by atoms with Crippen molar-refractivity contribution in [3.63, 3.8) is 0 Å². The Hall–Kier alpha value is -1.88. The quantitative estimate of drug-likeness (QED) is 0.710. The highest BCUT2D eigenvalue weighted by Gasteiger charge is 2.13. The van der Waals surface area contributed by atoms with Crippen molar-refractivity contribution in [3.05, 3.63) is 30.3 Å². The SMILES string of the molecule is COC(=O)CCCN(C)CC(=O)N(C)c1ccccc1. The van der Waals surface area contributed by atoms with Crippen molar-refractivity contribution in [2.75, 3.05) is 39.2 Å². The van der Waals surface area contributed by atoms with Crippen LogP contribution in [-0.4, -0.2) is 51.1 Å². The first-order chi connectivity index (χ1) is 9.54. The lowest BCUT2D eigenvalue weighted by atomic mass is 10.3. The molecule has 1 aromatic carbocycles. The fourth-order valence-corrected chi connectivity index (χ4v) is 1.81. The molecule has 0 atom stereocenters. The maximum atomic E-state index is 12.1. The minimum Gasteiger partial charge on any atom is -0.469 e. The Balaban J connectivity index is 2.36. The lowest BCUT2D eigenvalue weighted by Gasteiger charge is -2.21. The number of likely N-dealkylation sites (N-methyl/N-ethyl adjacent to an activating group) is 2. The van der Waals surface area contributed by atoms with Crippen molar-refractivity contribution in [1.82, 2.24) is 4.90 Å². The van der Waals surface area contributed by atoms with Crippen LogP contribution in [0.1, 0.15) is 12.8 Å². The summed E-state index contributed by atoms with van der Waals surface area (Å²) in [6.07, 6.45) is 1.06. The van der Waals surface area contributed by atoms with Crippen LogP contribution in [0.15, 0.2) is 30.3 Å². The van der Waals surface area contributed by atoms with Gasteiger partial charge in [-0.2, -0.15) is 0 Å². The van der Waals surface area contributed by atoms with Gasteiger partial charge in [0.15, 0.2) is 0 Å². The summed E-state index contributed by atoms with van der Waals surface area (Å²) < 4.78 is 4.58. The van der Waals surface area contributed by atoms with Crippen LogP contribution in [0.4, 0.5) is 5.69 Å². The molecule has 0 spiro atoms. The summed E-state index contributed by atoms with van der Waals surface area (Å²) >= 11 is 0. The van der Waals surface area contributed by atoms with Crippen LogP contribution in [-0.2, 0) is 14.3 Å². The number of rotatable bonds is 7. The molecule has 1 amide bonds. The molecule has 0 aliphatic rings. The van der Waals surface area contributed by atoms with Gasteiger partial charge in [0.25, 0.3) is 0 Å². The molecule has 0 aromatic heterocycles. The molecule has 5 nitrogen and oxygen atoms in total. The minimum absolute atomic E-state index is 0.0248. The van der Waals surface area contributed by atoms with Crippen LogP contribution in [0, 0.1) is 0 Å². The number of esters is 1. The van der Waals surface area contributed by atoms with Gasteiger partial charge in [-0.15, -0.1) is 0 Å². The monoisotopic (exact) mass is 278 g/mol. The van der Waals surface area contributed by atoms with E-state index in [2.05, 4.69) is 4.74 Å². The van der Waals surface area contributed by atoms with E-state index in [0.717, 1.165) is 5.69 Å². The molecule has 0 saturated heterocycles. The molecule has 110 valence electrons.